The van der Waals surface area contributed by atoms with Crippen LogP contribution in [0.3, 0.4) is 0 Å². The number of unbranched alkanes of at least 4 members (excludes halogenated alkanes) is 4. The van der Waals surface area contributed by atoms with E-state index in [-0.39, 0.29) is 23.8 Å². The lowest BCUT2D eigenvalue weighted by Crippen LogP contribution is -2.50. The van der Waals surface area contributed by atoms with Gasteiger partial charge in [0, 0.05) is 25.2 Å². The van der Waals surface area contributed by atoms with Crippen molar-refractivity contribution in [3.05, 3.63) is 28.2 Å². The number of benzene rings is 1. The van der Waals surface area contributed by atoms with Gasteiger partial charge in [-0.1, -0.05) is 62.7 Å². The Morgan fingerprint density at radius 3 is 2.13 bits per heavy atom. The van der Waals surface area contributed by atoms with E-state index in [4.69, 9.17) is 28.3 Å². The highest BCUT2D eigenvalue weighted by Crippen LogP contribution is 2.25. The quantitative estimate of drug-likeness (QED) is 0.308. The molecule has 174 valence electrons. The van der Waals surface area contributed by atoms with Crippen LogP contribution in [0.1, 0.15) is 65.2 Å². The van der Waals surface area contributed by atoms with Crippen molar-refractivity contribution in [3.8, 4) is 0 Å². The SMILES string of the molecule is CCCCCN(CCCCC)C(=O)C(CCC(=O)O)NC(=O)Nc1ccc(Cl)c(Cl)c1. The number of nitrogens with zero attached hydrogens (tertiary/aromatic N) is 1. The molecule has 9 heteroatoms. The van der Waals surface area contributed by atoms with Crippen molar-refractivity contribution in [2.24, 2.45) is 0 Å². The highest BCUT2D eigenvalue weighted by molar-refractivity contribution is 6.42. The molecule has 0 aromatic heterocycles. The molecule has 0 saturated carbocycles. The van der Waals surface area contributed by atoms with Crippen LogP contribution in [0.15, 0.2) is 18.2 Å². The van der Waals surface area contributed by atoms with E-state index in [1.807, 2.05) is 0 Å². The fourth-order valence-corrected chi connectivity index (χ4v) is 3.38. The average molecular weight is 474 g/mol. The molecule has 1 aromatic carbocycles. The van der Waals surface area contributed by atoms with E-state index < -0.39 is 18.0 Å². The van der Waals surface area contributed by atoms with Crippen LogP contribution in [0.5, 0.6) is 0 Å². The Morgan fingerprint density at radius 2 is 1.61 bits per heavy atom. The van der Waals surface area contributed by atoms with Crippen molar-refractivity contribution in [2.45, 2.75) is 71.3 Å². The Bertz CT molecular complexity index is 721. The van der Waals surface area contributed by atoms with E-state index in [1.54, 1.807) is 17.0 Å². The zero-order valence-electron chi connectivity index (χ0n) is 18.3. The first-order valence-electron chi connectivity index (χ1n) is 10.8. The van der Waals surface area contributed by atoms with E-state index in [1.165, 1.54) is 6.07 Å². The second-order valence-electron chi connectivity index (χ2n) is 7.45. The van der Waals surface area contributed by atoms with E-state index >= 15 is 0 Å². The standard InChI is InChI=1S/C22H33Cl2N3O4/c1-3-5-7-13-27(14-8-6-4-2)21(30)19(11-12-20(28)29)26-22(31)25-16-9-10-17(23)18(24)15-16/h9-10,15,19H,3-8,11-14H2,1-2H3,(H,28,29)(H2,25,26,31). The summed E-state index contributed by atoms with van der Waals surface area (Å²) in [5, 5.41) is 15.0. The summed E-state index contributed by atoms with van der Waals surface area (Å²) in [5.74, 6) is -1.27. The number of nitrogens with one attached hydrogen (secondary N) is 2. The van der Waals surface area contributed by atoms with Crippen molar-refractivity contribution >= 4 is 46.8 Å². The van der Waals surface area contributed by atoms with E-state index in [0.717, 1.165) is 38.5 Å². The summed E-state index contributed by atoms with van der Waals surface area (Å²) in [5.41, 5.74) is 0.416. The fraction of sp³-hybridized carbons (Fsp3) is 0.591. The van der Waals surface area contributed by atoms with Crippen LogP contribution in [-0.4, -0.2) is 47.0 Å². The minimum atomic E-state index is -1.02. The Morgan fingerprint density at radius 1 is 1.00 bits per heavy atom. The van der Waals surface area contributed by atoms with Crippen molar-refractivity contribution in [1.29, 1.82) is 0 Å². The smallest absolute Gasteiger partial charge is 0.319 e. The molecule has 0 bridgehead atoms. The molecule has 31 heavy (non-hydrogen) atoms. The average Bonchev–Trinajstić information content (AvgIpc) is 2.72. The molecule has 0 aliphatic heterocycles. The summed E-state index contributed by atoms with van der Waals surface area (Å²) in [6.07, 6.45) is 5.60. The molecular weight excluding hydrogens is 441 g/mol. The Balaban J connectivity index is 2.87. The lowest BCUT2D eigenvalue weighted by molar-refractivity contribution is -0.138. The normalized spacial score (nSPS) is 11.6. The van der Waals surface area contributed by atoms with Crippen molar-refractivity contribution in [2.75, 3.05) is 18.4 Å². The molecule has 1 aromatic rings. The third-order valence-electron chi connectivity index (χ3n) is 4.80. The van der Waals surface area contributed by atoms with Crippen LogP contribution in [0.4, 0.5) is 10.5 Å². The van der Waals surface area contributed by atoms with Gasteiger partial charge in [0.25, 0.3) is 0 Å². The zero-order chi connectivity index (χ0) is 23.2. The summed E-state index contributed by atoms with van der Waals surface area (Å²) in [6, 6.07) is 3.10. The summed E-state index contributed by atoms with van der Waals surface area (Å²) in [6.45, 7) is 5.37. The number of urea groups is 1. The molecule has 0 fully saturated rings. The lowest BCUT2D eigenvalue weighted by Gasteiger charge is -2.28. The van der Waals surface area contributed by atoms with Crippen molar-refractivity contribution in [3.63, 3.8) is 0 Å². The Hall–Kier alpha value is -1.99. The number of hydrogen-bond acceptors (Lipinski definition) is 3. The number of carbonyl (C=O) groups is 3. The second-order valence-corrected chi connectivity index (χ2v) is 8.27. The molecule has 0 spiro atoms. The molecule has 0 saturated heterocycles. The highest BCUT2D eigenvalue weighted by atomic mass is 35.5. The van der Waals surface area contributed by atoms with Gasteiger partial charge in [0.15, 0.2) is 0 Å². The van der Waals surface area contributed by atoms with E-state index in [9.17, 15) is 14.4 Å². The number of amides is 3. The number of rotatable bonds is 14. The van der Waals surface area contributed by atoms with Gasteiger partial charge in [0.05, 0.1) is 10.0 Å². The molecular formula is C22H33Cl2N3O4. The van der Waals surface area contributed by atoms with Crippen molar-refractivity contribution in [1.82, 2.24) is 10.2 Å². The van der Waals surface area contributed by atoms with Gasteiger partial charge < -0.3 is 20.6 Å². The molecule has 7 nitrogen and oxygen atoms in total. The summed E-state index contributed by atoms with van der Waals surface area (Å²) in [7, 11) is 0. The number of carboxylic acid groups (broad SMARTS) is 1. The third-order valence-corrected chi connectivity index (χ3v) is 5.54. The Kier molecular flexibility index (Phi) is 13.0. The molecule has 1 rings (SSSR count). The topological polar surface area (TPSA) is 98.7 Å². The van der Waals surface area contributed by atoms with Crippen LogP contribution < -0.4 is 10.6 Å². The van der Waals surface area contributed by atoms with Crippen LogP contribution in [-0.2, 0) is 9.59 Å². The minimum absolute atomic E-state index is 0.0149. The maximum atomic E-state index is 13.2. The third kappa shape index (κ3) is 10.7. The first-order valence-corrected chi connectivity index (χ1v) is 11.6. The number of carboxylic acids is 1. The maximum Gasteiger partial charge on any atom is 0.319 e. The summed E-state index contributed by atoms with van der Waals surface area (Å²) >= 11 is 11.9. The van der Waals surface area contributed by atoms with Gasteiger partial charge in [-0.3, -0.25) is 9.59 Å². The second kappa shape index (κ2) is 14.9. The maximum absolute atomic E-state index is 13.2. The predicted octanol–water partition coefficient (Wildman–Crippen LogP) is 5.56. The van der Waals surface area contributed by atoms with E-state index in [2.05, 4.69) is 24.5 Å². The summed E-state index contributed by atoms with van der Waals surface area (Å²) < 4.78 is 0. The molecule has 1 unspecified atom stereocenters. The van der Waals surface area contributed by atoms with Crippen LogP contribution >= 0.6 is 23.2 Å². The van der Waals surface area contributed by atoms with Crippen LogP contribution in [0.25, 0.3) is 0 Å². The van der Waals surface area contributed by atoms with Gasteiger partial charge >= 0.3 is 12.0 Å². The number of carbonyl (C=O) groups excluding carboxylic acids is 2. The van der Waals surface area contributed by atoms with Crippen LogP contribution in [0.2, 0.25) is 10.0 Å². The molecule has 3 amide bonds. The van der Waals surface area contributed by atoms with Gasteiger partial charge in [-0.2, -0.15) is 0 Å². The first kappa shape index (κ1) is 27.0. The Labute approximate surface area is 194 Å². The largest absolute Gasteiger partial charge is 0.481 e. The number of anilines is 1. The highest BCUT2D eigenvalue weighted by Gasteiger charge is 2.26. The predicted molar refractivity (Wildman–Crippen MR) is 125 cm³/mol. The molecule has 0 radical (unpaired) electrons. The lowest BCUT2D eigenvalue weighted by atomic mass is 10.1. The van der Waals surface area contributed by atoms with Gasteiger partial charge in [-0.05, 0) is 37.5 Å². The first-order chi connectivity index (χ1) is 14.8. The molecule has 1 atom stereocenters. The molecule has 0 aliphatic rings. The van der Waals surface area contributed by atoms with E-state index in [0.29, 0.717) is 23.8 Å². The number of hydrogen-bond donors (Lipinski definition) is 3. The number of halogens is 2. The fourth-order valence-electron chi connectivity index (χ4n) is 3.08. The van der Waals surface area contributed by atoms with Crippen molar-refractivity contribution < 1.29 is 19.5 Å². The summed E-state index contributed by atoms with van der Waals surface area (Å²) in [4.78, 5) is 38.5. The zero-order valence-corrected chi connectivity index (χ0v) is 19.8. The van der Waals surface area contributed by atoms with Crippen LogP contribution in [0, 0.1) is 0 Å². The minimum Gasteiger partial charge on any atom is -0.481 e. The molecule has 3 N–H and O–H groups in total. The molecule has 0 aliphatic carbocycles. The van der Waals surface area contributed by atoms with Gasteiger partial charge in [-0.25, -0.2) is 4.79 Å². The van der Waals surface area contributed by atoms with Gasteiger partial charge in [-0.15, -0.1) is 0 Å². The van der Waals surface area contributed by atoms with Gasteiger partial charge in [0.2, 0.25) is 5.91 Å². The number of aliphatic carboxylic acids is 1. The monoisotopic (exact) mass is 473 g/mol. The van der Waals surface area contributed by atoms with Gasteiger partial charge in [0.1, 0.15) is 6.04 Å². The molecule has 0 heterocycles.